The number of carbonyl (C=O) groups excluding carboxylic acids is 2. The van der Waals surface area contributed by atoms with Gasteiger partial charge < -0.3 is 10.0 Å². The molecule has 2 aromatic carbocycles. The number of carboxylic acids is 1. The number of hydrogen-bond acceptors (Lipinski definition) is 5. The Morgan fingerprint density at radius 3 is 2.47 bits per heavy atom. The zero-order valence-corrected chi connectivity index (χ0v) is 21.1. The van der Waals surface area contributed by atoms with E-state index >= 15 is 0 Å². The van der Waals surface area contributed by atoms with Crippen LogP contribution in [0.2, 0.25) is 0 Å². The second-order valence-corrected chi connectivity index (χ2v) is 10.5. The van der Waals surface area contributed by atoms with Crippen LogP contribution in [0.25, 0.3) is 5.57 Å². The third-order valence-electron chi connectivity index (χ3n) is 5.58. The molecule has 0 aromatic heterocycles. The normalized spacial score (nSPS) is 17.6. The molecule has 0 bridgehead atoms. The molecule has 2 aromatic rings. The van der Waals surface area contributed by atoms with Gasteiger partial charge in [0.05, 0.1) is 22.7 Å². The maximum absolute atomic E-state index is 13.5. The lowest BCUT2D eigenvalue weighted by molar-refractivity contribution is -0.137. The number of rotatable bonds is 8. The number of thiocarbonyl (C=S) groups is 1. The molecule has 2 aliphatic rings. The summed E-state index contributed by atoms with van der Waals surface area (Å²) in [6, 6.07) is 11.4. The van der Waals surface area contributed by atoms with Crippen molar-refractivity contribution in [2.45, 2.75) is 32.2 Å². The summed E-state index contributed by atoms with van der Waals surface area (Å²) in [6.07, 6.45) is 1.90. The van der Waals surface area contributed by atoms with Crippen molar-refractivity contribution < 1.29 is 23.9 Å². The van der Waals surface area contributed by atoms with Gasteiger partial charge in [-0.2, -0.15) is 0 Å². The first-order valence-electron chi connectivity index (χ1n) is 10.6. The number of benzene rings is 2. The monoisotopic (exact) mass is 562 g/mol. The number of nitrogens with zero attached hydrogens (tertiary/aromatic N) is 2. The minimum Gasteiger partial charge on any atom is -0.481 e. The quantitative estimate of drug-likeness (QED) is 0.265. The molecular weight excluding hydrogens is 543 g/mol. The van der Waals surface area contributed by atoms with Gasteiger partial charge >= 0.3 is 5.97 Å². The van der Waals surface area contributed by atoms with E-state index < -0.39 is 5.97 Å². The number of unbranched alkanes of at least 4 members (excludes halogenated alkanes) is 2. The van der Waals surface area contributed by atoms with Crippen molar-refractivity contribution in [3.8, 4) is 0 Å². The van der Waals surface area contributed by atoms with Gasteiger partial charge in [0.15, 0.2) is 0 Å². The van der Waals surface area contributed by atoms with Gasteiger partial charge in [0.1, 0.15) is 10.1 Å². The topological polar surface area (TPSA) is 77.9 Å². The first kappa shape index (κ1) is 24.6. The fourth-order valence-electron chi connectivity index (χ4n) is 3.92. The van der Waals surface area contributed by atoms with Crippen LogP contribution in [0, 0.1) is 5.82 Å². The van der Waals surface area contributed by atoms with Crippen LogP contribution < -0.4 is 4.90 Å². The van der Waals surface area contributed by atoms with E-state index in [4.69, 9.17) is 17.3 Å². The van der Waals surface area contributed by atoms with Gasteiger partial charge in [0.25, 0.3) is 11.8 Å². The lowest BCUT2D eigenvalue weighted by Gasteiger charge is -2.17. The molecule has 4 rings (SSSR count). The Morgan fingerprint density at radius 2 is 1.76 bits per heavy atom. The van der Waals surface area contributed by atoms with Gasteiger partial charge in [-0.3, -0.25) is 19.3 Å². The number of aliphatic carboxylic acids is 1. The van der Waals surface area contributed by atoms with E-state index in [1.165, 1.54) is 17.0 Å². The molecule has 6 nitrogen and oxygen atoms in total. The predicted octanol–water partition coefficient (Wildman–Crippen LogP) is 5.35. The van der Waals surface area contributed by atoms with Gasteiger partial charge in [0, 0.05) is 23.0 Å². The van der Waals surface area contributed by atoms with Gasteiger partial charge in [-0.1, -0.05) is 58.5 Å². The van der Waals surface area contributed by atoms with Crippen LogP contribution in [0.3, 0.4) is 0 Å². The minimum absolute atomic E-state index is 0.0898. The summed E-state index contributed by atoms with van der Waals surface area (Å²) >= 11 is 9.99. The van der Waals surface area contributed by atoms with Crippen LogP contribution in [0.4, 0.5) is 10.1 Å². The van der Waals surface area contributed by atoms with Crippen LogP contribution >= 0.6 is 39.9 Å². The Balaban J connectivity index is 1.60. The fraction of sp³-hybridized carbons (Fsp3) is 0.250. The number of carboxylic acid groups (broad SMARTS) is 1. The number of thioether (sulfide) groups is 1. The van der Waals surface area contributed by atoms with E-state index in [1.807, 2.05) is 18.2 Å². The van der Waals surface area contributed by atoms with Gasteiger partial charge in [-0.05, 0) is 48.7 Å². The maximum Gasteiger partial charge on any atom is 0.303 e. The highest BCUT2D eigenvalue weighted by Crippen LogP contribution is 2.46. The number of fused-ring (bicyclic) bond motifs is 1. The summed E-state index contributed by atoms with van der Waals surface area (Å²) in [5.41, 5.74) is 2.39. The average Bonchev–Trinajstić information content (AvgIpc) is 3.21. The molecule has 0 saturated carbocycles. The summed E-state index contributed by atoms with van der Waals surface area (Å²) in [4.78, 5) is 40.8. The van der Waals surface area contributed by atoms with Crippen LogP contribution in [0.5, 0.6) is 0 Å². The van der Waals surface area contributed by atoms with Crippen molar-refractivity contribution in [3.05, 3.63) is 68.8 Å². The molecule has 176 valence electrons. The molecular formula is C24H20BrFN2O4S2. The number of amides is 2. The largest absolute Gasteiger partial charge is 0.481 e. The Bertz CT molecular complexity index is 1220. The lowest BCUT2D eigenvalue weighted by atomic mass is 10.1. The fourth-order valence-corrected chi connectivity index (χ4v) is 5.66. The third-order valence-corrected chi connectivity index (χ3v) is 7.52. The first-order chi connectivity index (χ1) is 16.3. The molecule has 1 fully saturated rings. The molecule has 1 saturated heterocycles. The zero-order valence-electron chi connectivity index (χ0n) is 17.9. The van der Waals surface area contributed by atoms with Crippen LogP contribution in [-0.4, -0.2) is 38.7 Å². The molecule has 2 aliphatic heterocycles. The van der Waals surface area contributed by atoms with Crippen molar-refractivity contribution in [3.63, 3.8) is 0 Å². The van der Waals surface area contributed by atoms with E-state index in [9.17, 15) is 18.8 Å². The highest BCUT2D eigenvalue weighted by Gasteiger charge is 2.42. The van der Waals surface area contributed by atoms with Gasteiger partial charge in [-0.25, -0.2) is 4.39 Å². The summed E-state index contributed by atoms with van der Waals surface area (Å²) in [7, 11) is 0. The second-order valence-electron chi connectivity index (χ2n) is 7.91. The Kier molecular flexibility index (Phi) is 7.49. The predicted molar refractivity (Wildman–Crippen MR) is 137 cm³/mol. The molecule has 2 amide bonds. The van der Waals surface area contributed by atoms with Crippen molar-refractivity contribution in [1.29, 1.82) is 0 Å². The number of halogens is 2. The van der Waals surface area contributed by atoms with Crippen LogP contribution in [-0.2, 0) is 20.9 Å². The molecule has 2 heterocycles. The van der Waals surface area contributed by atoms with E-state index in [1.54, 1.807) is 17.0 Å². The molecule has 0 unspecified atom stereocenters. The summed E-state index contributed by atoms with van der Waals surface area (Å²) in [5, 5.41) is 8.76. The van der Waals surface area contributed by atoms with Gasteiger partial charge in [-0.15, -0.1) is 0 Å². The van der Waals surface area contributed by atoms with Crippen molar-refractivity contribution in [2.24, 2.45) is 0 Å². The van der Waals surface area contributed by atoms with Crippen molar-refractivity contribution in [2.75, 3.05) is 11.4 Å². The van der Waals surface area contributed by atoms with E-state index in [0.717, 1.165) is 21.8 Å². The molecule has 1 N–H and O–H groups in total. The summed E-state index contributed by atoms with van der Waals surface area (Å²) in [6.45, 7) is 0.612. The SMILES string of the molecule is O=C(O)CCCCCN1C(=O)/C(=C2/C(=O)N(Cc3ccc(F)cc3)c3ccc(Br)cc32)SC1=S. The number of carbonyl (C=O) groups is 3. The highest BCUT2D eigenvalue weighted by atomic mass is 79.9. The molecule has 0 atom stereocenters. The van der Waals surface area contributed by atoms with E-state index in [2.05, 4.69) is 15.9 Å². The Labute approximate surface area is 213 Å². The Morgan fingerprint density at radius 1 is 1.03 bits per heavy atom. The zero-order chi connectivity index (χ0) is 24.4. The standard InChI is InChI=1S/C24H20BrFN2O4S2/c25-15-7-10-18-17(12-15)20(22(31)28(18)13-14-5-8-16(26)9-6-14)21-23(32)27(24(33)34-21)11-3-1-2-4-19(29)30/h5-10,12H,1-4,11,13H2,(H,29,30)/b21-20-. The van der Waals surface area contributed by atoms with Crippen LogP contribution in [0.1, 0.15) is 36.8 Å². The van der Waals surface area contributed by atoms with E-state index in [0.29, 0.717) is 51.9 Å². The van der Waals surface area contributed by atoms with Gasteiger partial charge in [0.2, 0.25) is 0 Å². The third kappa shape index (κ3) is 5.08. The maximum atomic E-state index is 13.5. The summed E-state index contributed by atoms with van der Waals surface area (Å²) in [5.74, 6) is -1.82. The van der Waals surface area contributed by atoms with Crippen LogP contribution in [0.15, 0.2) is 51.8 Å². The molecule has 34 heavy (non-hydrogen) atoms. The molecule has 0 aliphatic carbocycles. The molecule has 10 heteroatoms. The number of anilines is 1. The first-order valence-corrected chi connectivity index (χ1v) is 12.6. The minimum atomic E-state index is -0.842. The highest BCUT2D eigenvalue weighted by molar-refractivity contribution is 9.10. The lowest BCUT2D eigenvalue weighted by Crippen LogP contribution is -2.30. The van der Waals surface area contributed by atoms with E-state index in [-0.39, 0.29) is 30.6 Å². The summed E-state index contributed by atoms with van der Waals surface area (Å²) < 4.78 is 14.5. The van der Waals surface area contributed by atoms with Crippen molar-refractivity contribution >= 4 is 73.3 Å². The average molecular weight is 563 g/mol. The molecule has 0 radical (unpaired) electrons. The smallest absolute Gasteiger partial charge is 0.303 e. The second kappa shape index (κ2) is 10.4. The number of hydrogen-bond donors (Lipinski definition) is 1. The van der Waals surface area contributed by atoms with Crippen molar-refractivity contribution in [1.82, 2.24) is 4.90 Å². The Hall–Kier alpha value is -2.56. The molecule has 0 spiro atoms.